The second kappa shape index (κ2) is 9.94. The zero-order valence-electron chi connectivity index (χ0n) is 16.2. The Morgan fingerprint density at radius 2 is 2.07 bits per heavy atom. The zero-order valence-corrected chi connectivity index (χ0v) is 16.2. The molecule has 7 heteroatoms. The van der Waals surface area contributed by atoms with E-state index in [2.05, 4.69) is 5.32 Å². The Balaban J connectivity index is 1.70. The summed E-state index contributed by atoms with van der Waals surface area (Å²) in [5.41, 5.74) is 1.22. The molecule has 0 fully saturated rings. The van der Waals surface area contributed by atoms with E-state index in [1.807, 2.05) is 6.07 Å². The van der Waals surface area contributed by atoms with Crippen molar-refractivity contribution >= 4 is 12.0 Å². The van der Waals surface area contributed by atoms with Gasteiger partial charge in [0, 0.05) is 0 Å². The zero-order chi connectivity index (χ0) is 21.3. The van der Waals surface area contributed by atoms with Crippen molar-refractivity contribution in [3.63, 3.8) is 0 Å². The van der Waals surface area contributed by atoms with Crippen LogP contribution in [0.5, 0.6) is 11.5 Å². The highest BCUT2D eigenvalue weighted by molar-refractivity contribution is 6.01. The van der Waals surface area contributed by atoms with E-state index in [-0.39, 0.29) is 24.5 Å². The lowest BCUT2D eigenvalue weighted by Gasteiger charge is -2.11. The molecule has 3 aromatic rings. The second-order valence-electron chi connectivity index (χ2n) is 6.26. The van der Waals surface area contributed by atoms with Crippen molar-refractivity contribution in [1.29, 1.82) is 5.26 Å². The van der Waals surface area contributed by atoms with Crippen LogP contribution in [0.15, 0.2) is 70.9 Å². The van der Waals surface area contributed by atoms with Crippen LogP contribution >= 0.6 is 0 Å². The summed E-state index contributed by atoms with van der Waals surface area (Å²) in [6.45, 7) is 0.350. The third-order valence-corrected chi connectivity index (χ3v) is 4.15. The lowest BCUT2D eigenvalue weighted by molar-refractivity contribution is -0.117. The van der Waals surface area contributed by atoms with Gasteiger partial charge in [-0.2, -0.15) is 5.26 Å². The molecule has 0 radical (unpaired) electrons. The fourth-order valence-corrected chi connectivity index (χ4v) is 2.67. The Morgan fingerprint density at radius 1 is 1.20 bits per heavy atom. The monoisotopic (exact) mass is 406 g/mol. The normalized spacial score (nSPS) is 10.9. The number of ether oxygens (including phenoxy) is 2. The van der Waals surface area contributed by atoms with Crippen LogP contribution in [0.25, 0.3) is 6.08 Å². The van der Waals surface area contributed by atoms with E-state index in [0.29, 0.717) is 28.4 Å². The average molecular weight is 406 g/mol. The van der Waals surface area contributed by atoms with Gasteiger partial charge in [-0.05, 0) is 53.6 Å². The molecule has 1 amide bonds. The van der Waals surface area contributed by atoms with E-state index < -0.39 is 5.91 Å². The van der Waals surface area contributed by atoms with Crippen molar-refractivity contribution < 1.29 is 23.1 Å². The Hall–Kier alpha value is -4.05. The van der Waals surface area contributed by atoms with Crippen LogP contribution < -0.4 is 14.8 Å². The van der Waals surface area contributed by atoms with Gasteiger partial charge < -0.3 is 19.2 Å². The molecule has 0 atom stereocenters. The highest BCUT2D eigenvalue weighted by Gasteiger charge is 2.11. The van der Waals surface area contributed by atoms with Crippen molar-refractivity contribution in [3.05, 3.63) is 89.1 Å². The number of nitrogens with zero attached hydrogens (tertiary/aromatic N) is 1. The Labute approximate surface area is 173 Å². The molecule has 0 bridgehead atoms. The first-order chi connectivity index (χ1) is 14.6. The maximum absolute atomic E-state index is 13.3. The number of nitrogens with one attached hydrogen (secondary N) is 1. The highest BCUT2D eigenvalue weighted by Crippen LogP contribution is 2.29. The van der Waals surface area contributed by atoms with Gasteiger partial charge in [-0.15, -0.1) is 0 Å². The predicted octanol–water partition coefficient (Wildman–Crippen LogP) is 4.23. The average Bonchev–Trinajstić information content (AvgIpc) is 3.28. The second-order valence-corrected chi connectivity index (χ2v) is 6.26. The number of furan rings is 1. The number of halogens is 1. The number of nitriles is 1. The molecule has 0 unspecified atom stereocenters. The quantitative estimate of drug-likeness (QED) is 0.447. The van der Waals surface area contributed by atoms with E-state index in [1.165, 1.54) is 31.6 Å². The molecule has 1 aromatic heterocycles. The van der Waals surface area contributed by atoms with Gasteiger partial charge in [0.2, 0.25) is 0 Å². The molecule has 0 spiro atoms. The minimum Gasteiger partial charge on any atom is -0.493 e. The van der Waals surface area contributed by atoms with Gasteiger partial charge in [-0.3, -0.25) is 4.79 Å². The first-order valence-corrected chi connectivity index (χ1v) is 9.06. The number of amides is 1. The number of carbonyl (C=O) groups is 1. The summed E-state index contributed by atoms with van der Waals surface area (Å²) < 4.78 is 29.5. The first-order valence-electron chi connectivity index (χ1n) is 9.06. The Morgan fingerprint density at radius 3 is 2.77 bits per heavy atom. The molecule has 1 N–H and O–H groups in total. The van der Waals surface area contributed by atoms with Crippen molar-refractivity contribution in [2.45, 2.75) is 13.2 Å². The van der Waals surface area contributed by atoms with Crippen molar-refractivity contribution in [3.8, 4) is 17.6 Å². The largest absolute Gasteiger partial charge is 0.493 e. The highest BCUT2D eigenvalue weighted by atomic mass is 19.1. The molecular weight excluding hydrogens is 387 g/mol. The maximum atomic E-state index is 13.3. The predicted molar refractivity (Wildman–Crippen MR) is 108 cm³/mol. The summed E-state index contributed by atoms with van der Waals surface area (Å²) in [4.78, 5) is 12.3. The van der Waals surface area contributed by atoms with Crippen LogP contribution in [0.1, 0.15) is 16.9 Å². The summed E-state index contributed by atoms with van der Waals surface area (Å²) in [5.74, 6) is 0.618. The van der Waals surface area contributed by atoms with E-state index in [1.54, 1.807) is 42.5 Å². The minimum atomic E-state index is -0.515. The Bertz CT molecular complexity index is 1080. The van der Waals surface area contributed by atoms with E-state index in [0.717, 1.165) is 0 Å². The number of hydrogen-bond donors (Lipinski definition) is 1. The number of hydrogen-bond acceptors (Lipinski definition) is 5. The van der Waals surface area contributed by atoms with Crippen LogP contribution in [-0.4, -0.2) is 13.0 Å². The van der Waals surface area contributed by atoms with Crippen molar-refractivity contribution in [1.82, 2.24) is 5.32 Å². The lowest BCUT2D eigenvalue weighted by atomic mass is 10.1. The molecule has 1 heterocycles. The first kappa shape index (κ1) is 20.7. The number of benzene rings is 2. The molecule has 2 aromatic carbocycles. The van der Waals surface area contributed by atoms with Gasteiger partial charge in [-0.25, -0.2) is 4.39 Å². The van der Waals surface area contributed by atoms with Crippen LogP contribution in [-0.2, 0) is 17.9 Å². The molecule has 3 rings (SSSR count). The van der Waals surface area contributed by atoms with Gasteiger partial charge in [0.15, 0.2) is 11.5 Å². The molecule has 0 aliphatic carbocycles. The molecule has 152 valence electrons. The van der Waals surface area contributed by atoms with Gasteiger partial charge >= 0.3 is 0 Å². The van der Waals surface area contributed by atoms with E-state index in [4.69, 9.17) is 13.9 Å². The van der Waals surface area contributed by atoms with Crippen LogP contribution in [0.3, 0.4) is 0 Å². The van der Waals surface area contributed by atoms with Gasteiger partial charge in [-0.1, -0.05) is 18.2 Å². The molecule has 30 heavy (non-hydrogen) atoms. The standard InChI is InChI=1S/C23H19FN2O4/c1-28-22-12-16(7-8-21(22)30-15-17-4-2-5-19(24)11-17)10-18(13-25)23(27)26-14-20-6-3-9-29-20/h2-12H,14-15H2,1H3,(H,26,27)/b18-10+. The van der Waals surface area contributed by atoms with Gasteiger partial charge in [0.1, 0.15) is 29.8 Å². The topological polar surface area (TPSA) is 84.5 Å². The van der Waals surface area contributed by atoms with Crippen LogP contribution in [0.4, 0.5) is 4.39 Å². The summed E-state index contributed by atoms with van der Waals surface area (Å²) in [6, 6.07) is 16.5. The molecule has 0 saturated heterocycles. The van der Waals surface area contributed by atoms with E-state index >= 15 is 0 Å². The number of carbonyl (C=O) groups excluding carboxylic acids is 1. The van der Waals surface area contributed by atoms with Crippen LogP contribution in [0.2, 0.25) is 0 Å². The smallest absolute Gasteiger partial charge is 0.262 e. The van der Waals surface area contributed by atoms with Gasteiger partial charge in [0.05, 0.1) is 19.9 Å². The molecule has 0 aliphatic rings. The van der Waals surface area contributed by atoms with Crippen molar-refractivity contribution in [2.75, 3.05) is 7.11 Å². The molecule has 0 saturated carbocycles. The molecule has 6 nitrogen and oxygen atoms in total. The summed E-state index contributed by atoms with van der Waals surface area (Å²) in [6.07, 6.45) is 2.96. The lowest BCUT2D eigenvalue weighted by Crippen LogP contribution is -2.23. The summed E-state index contributed by atoms with van der Waals surface area (Å²) in [7, 11) is 1.49. The maximum Gasteiger partial charge on any atom is 0.262 e. The summed E-state index contributed by atoms with van der Waals surface area (Å²) >= 11 is 0. The Kier molecular flexibility index (Phi) is 6.85. The van der Waals surface area contributed by atoms with Crippen molar-refractivity contribution in [2.24, 2.45) is 0 Å². The third-order valence-electron chi connectivity index (χ3n) is 4.15. The minimum absolute atomic E-state index is 0.0583. The summed E-state index contributed by atoms with van der Waals surface area (Å²) in [5, 5.41) is 12.0. The number of methoxy groups -OCH3 is 1. The SMILES string of the molecule is COc1cc(/C=C(\C#N)C(=O)NCc2ccco2)ccc1OCc1cccc(F)c1. The third kappa shape index (κ3) is 5.49. The molecular formula is C23H19FN2O4. The fraction of sp³-hybridized carbons (Fsp3) is 0.130. The van der Waals surface area contributed by atoms with Gasteiger partial charge in [0.25, 0.3) is 5.91 Å². The number of rotatable bonds is 8. The fourth-order valence-electron chi connectivity index (χ4n) is 2.67. The molecule has 0 aliphatic heterocycles. The van der Waals surface area contributed by atoms with E-state index in [9.17, 15) is 14.4 Å². The van der Waals surface area contributed by atoms with Crippen LogP contribution in [0, 0.1) is 17.1 Å².